The lowest BCUT2D eigenvalue weighted by atomic mass is 10.1. The molecule has 22 heavy (non-hydrogen) atoms. The third kappa shape index (κ3) is 3.54. The summed E-state index contributed by atoms with van der Waals surface area (Å²) in [6, 6.07) is 13.4. The summed E-state index contributed by atoms with van der Waals surface area (Å²) in [6.45, 7) is 3.72. The van der Waals surface area contributed by atoms with Gasteiger partial charge in [-0.2, -0.15) is 5.10 Å². The molecule has 0 aromatic heterocycles. The molecule has 1 amide bonds. The van der Waals surface area contributed by atoms with E-state index in [-0.39, 0.29) is 11.3 Å². The highest BCUT2D eigenvalue weighted by molar-refractivity contribution is 6.02. The molecule has 0 aliphatic heterocycles. The first kappa shape index (κ1) is 15.4. The molecule has 0 saturated carbocycles. The van der Waals surface area contributed by atoms with E-state index in [9.17, 15) is 14.9 Å². The van der Waals surface area contributed by atoms with E-state index < -0.39 is 10.8 Å². The monoisotopic (exact) mass is 297 g/mol. The number of aryl methyl sites for hydroxylation is 1. The number of nitrogens with zero attached hydrogens (tertiary/aromatic N) is 2. The average Bonchev–Trinajstić information content (AvgIpc) is 2.52. The summed E-state index contributed by atoms with van der Waals surface area (Å²) < 4.78 is 0. The van der Waals surface area contributed by atoms with Gasteiger partial charge in [-0.25, -0.2) is 5.43 Å². The molecule has 2 aromatic carbocycles. The second kappa shape index (κ2) is 6.62. The fraction of sp³-hybridized carbons (Fsp3) is 0.125. The molecule has 0 radical (unpaired) electrons. The Kier molecular flexibility index (Phi) is 4.63. The minimum absolute atomic E-state index is 0.0201. The van der Waals surface area contributed by atoms with Gasteiger partial charge in [0.25, 0.3) is 11.6 Å². The predicted molar refractivity (Wildman–Crippen MR) is 84.0 cm³/mol. The van der Waals surface area contributed by atoms with Crippen LogP contribution in [0.15, 0.2) is 53.6 Å². The van der Waals surface area contributed by atoms with Gasteiger partial charge in [0.05, 0.1) is 10.6 Å². The molecule has 0 saturated heterocycles. The van der Waals surface area contributed by atoms with Gasteiger partial charge in [0.15, 0.2) is 0 Å². The van der Waals surface area contributed by atoms with E-state index in [1.165, 1.54) is 18.2 Å². The van der Waals surface area contributed by atoms with Gasteiger partial charge in [-0.1, -0.05) is 42.0 Å². The molecular formula is C16H15N3O3. The van der Waals surface area contributed by atoms with E-state index in [2.05, 4.69) is 10.5 Å². The Bertz CT molecular complexity index is 754. The van der Waals surface area contributed by atoms with E-state index in [0.717, 1.165) is 11.1 Å². The molecule has 112 valence electrons. The number of amides is 1. The number of nitrogens with one attached hydrogen (secondary N) is 1. The molecule has 2 aromatic rings. The number of hydrazone groups is 1. The van der Waals surface area contributed by atoms with Crippen LogP contribution in [0.1, 0.15) is 28.4 Å². The number of carbonyl (C=O) groups is 1. The van der Waals surface area contributed by atoms with Crippen molar-refractivity contribution in [2.24, 2.45) is 5.10 Å². The van der Waals surface area contributed by atoms with Crippen molar-refractivity contribution < 1.29 is 9.72 Å². The molecule has 0 spiro atoms. The number of carbonyl (C=O) groups excluding carboxylic acids is 1. The number of nitro groups is 1. The topological polar surface area (TPSA) is 84.6 Å². The molecule has 1 N–H and O–H groups in total. The number of nitro benzene ring substituents is 1. The van der Waals surface area contributed by atoms with Gasteiger partial charge in [0.2, 0.25) is 0 Å². The van der Waals surface area contributed by atoms with Gasteiger partial charge in [0.1, 0.15) is 5.56 Å². The molecule has 2 rings (SSSR count). The zero-order chi connectivity index (χ0) is 16.1. The molecule has 0 aliphatic carbocycles. The third-order valence-corrected chi connectivity index (χ3v) is 3.11. The Balaban J connectivity index is 2.19. The molecular weight excluding hydrogens is 282 g/mol. The maximum Gasteiger partial charge on any atom is 0.282 e. The molecule has 6 nitrogen and oxygen atoms in total. The lowest BCUT2D eigenvalue weighted by Gasteiger charge is -2.04. The number of hydrogen-bond donors (Lipinski definition) is 1. The second-order valence-corrected chi connectivity index (χ2v) is 4.78. The Labute approximate surface area is 127 Å². The fourth-order valence-corrected chi connectivity index (χ4v) is 1.95. The summed E-state index contributed by atoms with van der Waals surface area (Å²) in [5, 5.41) is 14.9. The van der Waals surface area contributed by atoms with Crippen LogP contribution in [0.25, 0.3) is 0 Å². The summed E-state index contributed by atoms with van der Waals surface area (Å²) >= 11 is 0. The summed E-state index contributed by atoms with van der Waals surface area (Å²) in [5.74, 6) is -0.612. The molecule has 0 fully saturated rings. The van der Waals surface area contributed by atoms with Crippen molar-refractivity contribution in [1.29, 1.82) is 0 Å². The third-order valence-electron chi connectivity index (χ3n) is 3.11. The van der Waals surface area contributed by atoms with E-state index in [4.69, 9.17) is 0 Å². The smallest absolute Gasteiger partial charge is 0.267 e. The summed E-state index contributed by atoms with van der Waals surface area (Å²) in [4.78, 5) is 22.4. The van der Waals surface area contributed by atoms with Gasteiger partial charge < -0.3 is 0 Å². The second-order valence-electron chi connectivity index (χ2n) is 4.78. The normalized spacial score (nSPS) is 11.1. The first-order valence-electron chi connectivity index (χ1n) is 6.64. The van der Waals surface area contributed by atoms with Crippen LogP contribution in [-0.2, 0) is 0 Å². The summed E-state index contributed by atoms with van der Waals surface area (Å²) in [5.41, 5.74) is 4.67. The van der Waals surface area contributed by atoms with Crippen LogP contribution in [0.3, 0.4) is 0 Å². The Hall–Kier alpha value is -3.02. The highest BCUT2D eigenvalue weighted by Gasteiger charge is 2.18. The molecule has 0 unspecified atom stereocenters. The van der Waals surface area contributed by atoms with E-state index in [0.29, 0.717) is 5.71 Å². The summed E-state index contributed by atoms with van der Waals surface area (Å²) in [7, 11) is 0. The molecule has 0 atom stereocenters. The number of para-hydroxylation sites is 1. The van der Waals surface area contributed by atoms with Crippen LogP contribution in [0.4, 0.5) is 5.69 Å². The number of rotatable bonds is 4. The van der Waals surface area contributed by atoms with Crippen LogP contribution >= 0.6 is 0 Å². The first-order chi connectivity index (χ1) is 10.5. The quantitative estimate of drug-likeness (QED) is 0.534. The van der Waals surface area contributed by atoms with Crippen LogP contribution in [-0.4, -0.2) is 16.5 Å². The van der Waals surface area contributed by atoms with Crippen LogP contribution in [0, 0.1) is 17.0 Å². The Morgan fingerprint density at radius 3 is 2.59 bits per heavy atom. The van der Waals surface area contributed by atoms with Crippen LogP contribution < -0.4 is 5.43 Å². The highest BCUT2D eigenvalue weighted by atomic mass is 16.6. The predicted octanol–water partition coefficient (Wildman–Crippen LogP) is 3.06. The van der Waals surface area contributed by atoms with Gasteiger partial charge in [-0.15, -0.1) is 0 Å². The summed E-state index contributed by atoms with van der Waals surface area (Å²) in [6.07, 6.45) is 0. The van der Waals surface area contributed by atoms with Crippen LogP contribution in [0.2, 0.25) is 0 Å². The lowest BCUT2D eigenvalue weighted by molar-refractivity contribution is -0.385. The molecule has 6 heteroatoms. The molecule has 0 aliphatic rings. The number of hydrogen-bond acceptors (Lipinski definition) is 4. The fourth-order valence-electron chi connectivity index (χ4n) is 1.95. The van der Waals surface area contributed by atoms with Crippen molar-refractivity contribution >= 4 is 17.3 Å². The van der Waals surface area contributed by atoms with Gasteiger partial charge in [0, 0.05) is 6.07 Å². The maximum absolute atomic E-state index is 12.1. The zero-order valence-electron chi connectivity index (χ0n) is 12.2. The van der Waals surface area contributed by atoms with Crippen molar-refractivity contribution in [2.45, 2.75) is 13.8 Å². The van der Waals surface area contributed by atoms with Gasteiger partial charge >= 0.3 is 0 Å². The standard InChI is InChI=1S/C16H15N3O3/c1-11-6-5-7-13(10-11)12(2)17-18-16(20)14-8-3-4-9-15(14)19(21)22/h3-10H,1-2H3,(H,18,20)/b17-12+. The van der Waals surface area contributed by atoms with Gasteiger partial charge in [-0.05, 0) is 25.5 Å². The number of benzene rings is 2. The van der Waals surface area contributed by atoms with Crippen molar-refractivity contribution in [3.05, 3.63) is 75.3 Å². The van der Waals surface area contributed by atoms with Crippen molar-refractivity contribution in [1.82, 2.24) is 5.43 Å². The first-order valence-corrected chi connectivity index (χ1v) is 6.64. The molecule has 0 bridgehead atoms. The minimum Gasteiger partial charge on any atom is -0.267 e. The highest BCUT2D eigenvalue weighted by Crippen LogP contribution is 2.17. The minimum atomic E-state index is -0.612. The lowest BCUT2D eigenvalue weighted by Crippen LogP contribution is -2.20. The molecule has 0 heterocycles. The average molecular weight is 297 g/mol. The van der Waals surface area contributed by atoms with E-state index in [1.54, 1.807) is 13.0 Å². The van der Waals surface area contributed by atoms with Crippen LogP contribution in [0.5, 0.6) is 0 Å². The Morgan fingerprint density at radius 1 is 1.18 bits per heavy atom. The SMILES string of the molecule is C/C(=N\NC(=O)c1ccccc1[N+](=O)[O-])c1cccc(C)c1. The largest absolute Gasteiger partial charge is 0.282 e. The van der Waals surface area contributed by atoms with Crippen molar-refractivity contribution in [3.8, 4) is 0 Å². The van der Waals surface area contributed by atoms with E-state index >= 15 is 0 Å². The van der Waals surface area contributed by atoms with Gasteiger partial charge in [-0.3, -0.25) is 14.9 Å². The van der Waals surface area contributed by atoms with Crippen molar-refractivity contribution in [3.63, 3.8) is 0 Å². The Morgan fingerprint density at radius 2 is 1.91 bits per heavy atom. The van der Waals surface area contributed by atoms with Crippen molar-refractivity contribution in [2.75, 3.05) is 0 Å². The maximum atomic E-state index is 12.1. The van der Waals surface area contributed by atoms with E-state index in [1.807, 2.05) is 31.2 Å². The zero-order valence-corrected chi connectivity index (χ0v) is 12.2.